The summed E-state index contributed by atoms with van der Waals surface area (Å²) >= 11 is 1.63. The van der Waals surface area contributed by atoms with Crippen molar-refractivity contribution in [1.82, 2.24) is 5.32 Å². The second kappa shape index (κ2) is 9.23. The van der Waals surface area contributed by atoms with Crippen LogP contribution in [0.3, 0.4) is 0 Å². The molecule has 0 spiro atoms. The van der Waals surface area contributed by atoms with Gasteiger partial charge in [0.05, 0.1) is 17.6 Å². The maximum absolute atomic E-state index is 15.0. The first-order valence-corrected chi connectivity index (χ1v) is 12.2. The highest BCUT2D eigenvalue weighted by atomic mass is 32.1. The molecular formula is C26H26FNO4S. The maximum Gasteiger partial charge on any atom is 0.336 e. The fourth-order valence-corrected chi connectivity index (χ4v) is 5.91. The molecule has 1 aliphatic carbocycles. The van der Waals surface area contributed by atoms with Gasteiger partial charge in [0.25, 0.3) is 0 Å². The number of carbonyl (C=O) groups excluding carboxylic acids is 2. The molecule has 2 aliphatic heterocycles. The lowest BCUT2D eigenvalue weighted by atomic mass is 9.72. The topological polar surface area (TPSA) is 64.6 Å². The van der Waals surface area contributed by atoms with Crippen molar-refractivity contribution < 1.29 is 23.5 Å². The summed E-state index contributed by atoms with van der Waals surface area (Å²) in [6, 6.07) is 10.4. The van der Waals surface area contributed by atoms with Gasteiger partial charge in [-0.2, -0.15) is 0 Å². The number of benzene rings is 1. The summed E-state index contributed by atoms with van der Waals surface area (Å²) in [7, 11) is 0. The van der Waals surface area contributed by atoms with Crippen molar-refractivity contribution >= 4 is 23.1 Å². The Bertz CT molecular complexity index is 1130. The van der Waals surface area contributed by atoms with Crippen LogP contribution in [0.5, 0.6) is 0 Å². The number of nitrogens with one attached hydrogen (secondary N) is 1. The highest BCUT2D eigenvalue weighted by Gasteiger charge is 2.42. The number of ether oxygens (including phenoxy) is 2. The van der Waals surface area contributed by atoms with E-state index >= 15 is 4.39 Å². The van der Waals surface area contributed by atoms with Crippen LogP contribution in [0.2, 0.25) is 0 Å². The third-order valence-corrected chi connectivity index (χ3v) is 7.67. The van der Waals surface area contributed by atoms with E-state index in [4.69, 9.17) is 9.47 Å². The SMILES string of the molecule is CC1=C(C(=O)OC[C@@H]2CCCO2)[C@H](c2ccccc2F)C2=C(C[C@@H](c3cccs3)CC2=O)N1. The number of hydrogen-bond acceptors (Lipinski definition) is 6. The van der Waals surface area contributed by atoms with E-state index in [9.17, 15) is 9.59 Å². The van der Waals surface area contributed by atoms with Gasteiger partial charge in [0.1, 0.15) is 12.4 Å². The molecule has 0 amide bonds. The molecule has 7 heteroatoms. The van der Waals surface area contributed by atoms with Crippen LogP contribution < -0.4 is 5.32 Å². The first kappa shape index (κ1) is 22.0. The number of thiophene rings is 1. The quantitative estimate of drug-likeness (QED) is 0.629. The average Bonchev–Trinajstić information content (AvgIpc) is 3.51. The zero-order valence-electron chi connectivity index (χ0n) is 18.4. The third kappa shape index (κ3) is 4.27. The molecule has 0 unspecified atom stereocenters. The number of hydrogen-bond donors (Lipinski definition) is 1. The van der Waals surface area contributed by atoms with Gasteiger partial charge >= 0.3 is 5.97 Å². The molecule has 3 aliphatic rings. The van der Waals surface area contributed by atoms with Crippen molar-refractivity contribution in [3.63, 3.8) is 0 Å². The molecule has 1 aromatic heterocycles. The van der Waals surface area contributed by atoms with Gasteiger partial charge in [-0.25, -0.2) is 9.18 Å². The van der Waals surface area contributed by atoms with Crippen LogP contribution in [0.15, 0.2) is 64.3 Å². The van der Waals surface area contributed by atoms with E-state index in [-0.39, 0.29) is 24.4 Å². The molecule has 5 rings (SSSR count). The van der Waals surface area contributed by atoms with Gasteiger partial charge in [-0.05, 0) is 43.7 Å². The van der Waals surface area contributed by atoms with Gasteiger partial charge in [0.15, 0.2) is 5.78 Å². The van der Waals surface area contributed by atoms with Crippen LogP contribution in [0.25, 0.3) is 0 Å². The monoisotopic (exact) mass is 467 g/mol. The summed E-state index contributed by atoms with van der Waals surface area (Å²) in [5.74, 6) is -1.76. The van der Waals surface area contributed by atoms with Crippen molar-refractivity contribution in [1.29, 1.82) is 0 Å². The Morgan fingerprint density at radius 3 is 2.82 bits per heavy atom. The molecule has 1 fully saturated rings. The number of Topliss-reactive ketones (excluding diaryl/α,β-unsaturated/α-hetero) is 1. The summed E-state index contributed by atoms with van der Waals surface area (Å²) in [5, 5.41) is 5.31. The van der Waals surface area contributed by atoms with Crippen molar-refractivity contribution in [3.05, 3.63) is 80.6 Å². The number of carbonyl (C=O) groups is 2. The zero-order chi connectivity index (χ0) is 22.9. The smallest absolute Gasteiger partial charge is 0.336 e. The minimum absolute atomic E-state index is 0.0627. The fraction of sp³-hybridized carbons (Fsp3) is 0.385. The minimum atomic E-state index is -0.795. The van der Waals surface area contributed by atoms with Crippen molar-refractivity contribution in [2.24, 2.45) is 0 Å². The predicted molar refractivity (Wildman–Crippen MR) is 123 cm³/mol. The minimum Gasteiger partial charge on any atom is -0.459 e. The normalized spacial score (nSPS) is 25.2. The first-order valence-electron chi connectivity index (χ1n) is 11.3. The number of esters is 1. The summed E-state index contributed by atoms with van der Waals surface area (Å²) in [6.45, 7) is 2.61. The van der Waals surface area contributed by atoms with E-state index in [1.54, 1.807) is 36.5 Å². The molecular weight excluding hydrogens is 441 g/mol. The van der Waals surface area contributed by atoms with Crippen LogP contribution in [0, 0.1) is 5.82 Å². The molecule has 1 N–H and O–H groups in total. The van der Waals surface area contributed by atoms with Crippen LogP contribution in [-0.2, 0) is 19.1 Å². The summed E-state index contributed by atoms with van der Waals surface area (Å²) in [4.78, 5) is 27.9. The lowest BCUT2D eigenvalue weighted by molar-refractivity contribution is -0.142. The van der Waals surface area contributed by atoms with Crippen LogP contribution >= 0.6 is 11.3 Å². The number of allylic oxidation sites excluding steroid dienone is 3. The Morgan fingerprint density at radius 2 is 2.09 bits per heavy atom. The second-order valence-corrected chi connectivity index (χ2v) is 9.77. The molecule has 172 valence electrons. The molecule has 1 saturated heterocycles. The van der Waals surface area contributed by atoms with Gasteiger partial charge < -0.3 is 14.8 Å². The lowest BCUT2D eigenvalue weighted by Crippen LogP contribution is -2.36. The van der Waals surface area contributed by atoms with Crippen LogP contribution in [0.4, 0.5) is 4.39 Å². The van der Waals surface area contributed by atoms with E-state index in [2.05, 4.69) is 5.32 Å². The number of dihydropyridines is 1. The van der Waals surface area contributed by atoms with E-state index in [0.29, 0.717) is 41.9 Å². The summed E-state index contributed by atoms with van der Waals surface area (Å²) < 4.78 is 26.2. The Labute approximate surface area is 196 Å². The van der Waals surface area contributed by atoms with E-state index in [1.807, 2.05) is 17.5 Å². The van der Waals surface area contributed by atoms with Gasteiger partial charge in [-0.1, -0.05) is 24.3 Å². The zero-order valence-corrected chi connectivity index (χ0v) is 19.3. The molecule has 5 nitrogen and oxygen atoms in total. The Kier molecular flexibility index (Phi) is 6.17. The number of ketones is 1. The molecule has 3 atom stereocenters. The van der Waals surface area contributed by atoms with Crippen LogP contribution in [0.1, 0.15) is 54.9 Å². The molecule has 2 aromatic rings. The molecule has 33 heavy (non-hydrogen) atoms. The summed E-state index contributed by atoms with van der Waals surface area (Å²) in [5.41, 5.74) is 2.45. The van der Waals surface area contributed by atoms with Crippen molar-refractivity contribution in [2.75, 3.05) is 13.2 Å². The van der Waals surface area contributed by atoms with Gasteiger partial charge in [0.2, 0.25) is 0 Å². The van der Waals surface area contributed by atoms with Crippen molar-refractivity contribution in [2.45, 2.75) is 50.5 Å². The standard InChI is InChI=1S/C26H26FNO4S/c1-15-23(26(30)32-14-17-6-4-10-31-17)24(18-7-2-3-8-19(18)27)25-20(28-15)12-16(13-21(25)29)22-9-5-11-33-22/h2-3,5,7-9,11,16-17,24,28H,4,6,10,12-14H2,1H3/t16-,17+,24+/m1/s1. The summed E-state index contributed by atoms with van der Waals surface area (Å²) in [6.07, 6.45) is 2.65. The van der Waals surface area contributed by atoms with E-state index < -0.39 is 17.7 Å². The number of halogens is 1. The van der Waals surface area contributed by atoms with Gasteiger partial charge in [-0.3, -0.25) is 4.79 Å². The third-order valence-electron chi connectivity index (χ3n) is 6.63. The van der Waals surface area contributed by atoms with Gasteiger partial charge in [-0.15, -0.1) is 11.3 Å². The molecule has 1 aromatic carbocycles. The van der Waals surface area contributed by atoms with Crippen LogP contribution in [-0.4, -0.2) is 31.1 Å². The molecule has 0 saturated carbocycles. The predicted octanol–water partition coefficient (Wildman–Crippen LogP) is 4.97. The maximum atomic E-state index is 15.0. The Morgan fingerprint density at radius 1 is 1.24 bits per heavy atom. The molecule has 0 bridgehead atoms. The van der Waals surface area contributed by atoms with E-state index in [0.717, 1.165) is 23.4 Å². The second-order valence-electron chi connectivity index (χ2n) is 8.79. The fourth-order valence-electron chi connectivity index (χ4n) is 5.08. The highest BCUT2D eigenvalue weighted by Crippen LogP contribution is 2.46. The average molecular weight is 468 g/mol. The van der Waals surface area contributed by atoms with E-state index in [1.165, 1.54) is 6.07 Å². The van der Waals surface area contributed by atoms with Gasteiger partial charge in [0, 0.05) is 46.4 Å². The largest absolute Gasteiger partial charge is 0.459 e. The molecule has 0 radical (unpaired) electrons. The first-order chi connectivity index (χ1) is 16.0. The Balaban J connectivity index is 1.51. The van der Waals surface area contributed by atoms with Crippen molar-refractivity contribution in [3.8, 4) is 0 Å². The lowest BCUT2D eigenvalue weighted by Gasteiger charge is -2.36. The highest BCUT2D eigenvalue weighted by molar-refractivity contribution is 7.10. The number of rotatable bonds is 5. The molecule has 3 heterocycles. The Hall–Kier alpha value is -2.77.